The molecule has 0 saturated heterocycles. The highest BCUT2D eigenvalue weighted by atomic mass is 35.5. The monoisotopic (exact) mass is 311 g/mol. The van der Waals surface area contributed by atoms with Gasteiger partial charge in [-0.25, -0.2) is 0 Å². The first-order chi connectivity index (χ1) is 10.6. The molecule has 0 fully saturated rings. The topological polar surface area (TPSA) is 42.2 Å². The maximum atomic E-state index is 12.4. The second kappa shape index (κ2) is 6.08. The van der Waals surface area contributed by atoms with E-state index >= 15 is 0 Å². The summed E-state index contributed by atoms with van der Waals surface area (Å²) in [4.78, 5) is 12.4. The van der Waals surface area contributed by atoms with Gasteiger partial charge in [0.1, 0.15) is 11.5 Å². The quantitative estimate of drug-likeness (QED) is 0.726. The van der Waals surface area contributed by atoms with Gasteiger partial charge < -0.3 is 9.73 Å². The molecule has 3 aromatic rings. The van der Waals surface area contributed by atoms with Crippen molar-refractivity contribution < 1.29 is 9.21 Å². The smallest absolute Gasteiger partial charge is 0.259 e. The predicted molar refractivity (Wildman–Crippen MR) is 88.3 cm³/mol. The summed E-state index contributed by atoms with van der Waals surface area (Å²) in [6, 6.07) is 18.5. The highest BCUT2D eigenvalue weighted by molar-refractivity contribution is 6.31. The maximum Gasteiger partial charge on any atom is 0.259 e. The van der Waals surface area contributed by atoms with Gasteiger partial charge in [-0.3, -0.25) is 4.79 Å². The van der Waals surface area contributed by atoms with Crippen molar-refractivity contribution in [2.24, 2.45) is 0 Å². The second-order valence-electron chi connectivity index (χ2n) is 4.91. The van der Waals surface area contributed by atoms with Crippen LogP contribution in [0.3, 0.4) is 0 Å². The van der Waals surface area contributed by atoms with E-state index in [0.717, 1.165) is 5.56 Å². The van der Waals surface area contributed by atoms with Gasteiger partial charge in [-0.2, -0.15) is 0 Å². The molecule has 2 aromatic carbocycles. The van der Waals surface area contributed by atoms with Gasteiger partial charge >= 0.3 is 0 Å². The van der Waals surface area contributed by atoms with Crippen molar-refractivity contribution in [1.82, 2.24) is 0 Å². The number of nitrogens with one attached hydrogen (secondary N) is 1. The molecule has 0 bridgehead atoms. The van der Waals surface area contributed by atoms with Gasteiger partial charge in [-0.1, -0.05) is 48.0 Å². The van der Waals surface area contributed by atoms with Crippen LogP contribution in [0.5, 0.6) is 0 Å². The fourth-order valence-electron chi connectivity index (χ4n) is 2.22. The van der Waals surface area contributed by atoms with Gasteiger partial charge in [0.25, 0.3) is 5.91 Å². The van der Waals surface area contributed by atoms with Crippen molar-refractivity contribution >= 4 is 23.2 Å². The summed E-state index contributed by atoms with van der Waals surface area (Å²) >= 11 is 5.92. The Bertz CT molecular complexity index is 809. The summed E-state index contributed by atoms with van der Waals surface area (Å²) in [5.41, 5.74) is 2.10. The Balaban J connectivity index is 1.86. The number of amides is 1. The van der Waals surface area contributed by atoms with Crippen molar-refractivity contribution in [3.05, 3.63) is 77.0 Å². The predicted octanol–water partition coefficient (Wildman–Crippen LogP) is 5.16. The van der Waals surface area contributed by atoms with Crippen LogP contribution >= 0.6 is 11.6 Å². The number of furan rings is 1. The Morgan fingerprint density at radius 1 is 1.05 bits per heavy atom. The number of carbonyl (C=O) groups excluding carboxylic acids is 1. The van der Waals surface area contributed by atoms with E-state index in [4.69, 9.17) is 16.0 Å². The molecule has 0 radical (unpaired) electrons. The van der Waals surface area contributed by atoms with E-state index in [9.17, 15) is 4.79 Å². The van der Waals surface area contributed by atoms with Crippen LogP contribution in [-0.2, 0) is 0 Å². The number of halogens is 1. The van der Waals surface area contributed by atoms with E-state index in [2.05, 4.69) is 5.32 Å². The lowest BCUT2D eigenvalue weighted by Gasteiger charge is -2.04. The molecule has 0 spiro atoms. The van der Waals surface area contributed by atoms with Crippen LogP contribution < -0.4 is 5.32 Å². The molecule has 0 unspecified atom stereocenters. The summed E-state index contributed by atoms with van der Waals surface area (Å²) in [7, 11) is 0. The first kappa shape index (κ1) is 14.4. The molecule has 0 atom stereocenters. The number of aryl methyl sites for hydroxylation is 1. The normalized spacial score (nSPS) is 10.5. The number of hydrogen-bond acceptors (Lipinski definition) is 2. The number of hydrogen-bond donors (Lipinski definition) is 1. The minimum atomic E-state index is -0.217. The van der Waals surface area contributed by atoms with E-state index in [0.29, 0.717) is 27.8 Å². The van der Waals surface area contributed by atoms with E-state index in [1.165, 1.54) is 0 Å². The molecule has 3 rings (SSSR count). The van der Waals surface area contributed by atoms with Crippen LogP contribution in [0.4, 0.5) is 5.69 Å². The molecule has 0 aliphatic rings. The average Bonchev–Trinajstić information content (AvgIpc) is 2.90. The van der Waals surface area contributed by atoms with E-state index in [-0.39, 0.29) is 5.91 Å². The van der Waals surface area contributed by atoms with Crippen molar-refractivity contribution in [1.29, 1.82) is 0 Å². The van der Waals surface area contributed by atoms with E-state index in [1.54, 1.807) is 37.3 Å². The number of anilines is 1. The average molecular weight is 312 g/mol. The molecule has 0 saturated carbocycles. The zero-order valence-corrected chi connectivity index (χ0v) is 12.7. The summed E-state index contributed by atoms with van der Waals surface area (Å²) < 4.78 is 5.70. The van der Waals surface area contributed by atoms with Crippen molar-refractivity contribution in [2.45, 2.75) is 6.92 Å². The van der Waals surface area contributed by atoms with Crippen molar-refractivity contribution in [3.63, 3.8) is 0 Å². The van der Waals surface area contributed by atoms with Crippen LogP contribution in [0.15, 0.2) is 65.1 Å². The molecule has 1 N–H and O–H groups in total. The third kappa shape index (κ3) is 3.05. The van der Waals surface area contributed by atoms with Crippen LogP contribution in [-0.4, -0.2) is 5.91 Å². The summed E-state index contributed by atoms with van der Waals surface area (Å²) in [5, 5.41) is 3.40. The number of carbonyl (C=O) groups is 1. The van der Waals surface area contributed by atoms with Gasteiger partial charge in [0.05, 0.1) is 5.56 Å². The Morgan fingerprint density at radius 3 is 2.55 bits per heavy atom. The Morgan fingerprint density at radius 2 is 1.82 bits per heavy atom. The molecule has 0 aliphatic heterocycles. The summed E-state index contributed by atoms with van der Waals surface area (Å²) in [6.45, 7) is 1.78. The lowest BCUT2D eigenvalue weighted by atomic mass is 10.1. The zero-order chi connectivity index (χ0) is 15.5. The molecule has 110 valence electrons. The van der Waals surface area contributed by atoms with Crippen LogP contribution in [0, 0.1) is 6.92 Å². The second-order valence-corrected chi connectivity index (χ2v) is 5.35. The minimum absolute atomic E-state index is 0.217. The number of benzene rings is 2. The fourth-order valence-corrected chi connectivity index (χ4v) is 2.41. The molecule has 0 aliphatic carbocycles. The fraction of sp³-hybridized carbons (Fsp3) is 0.0556. The lowest BCUT2D eigenvalue weighted by Crippen LogP contribution is -2.11. The van der Waals surface area contributed by atoms with E-state index in [1.807, 2.05) is 30.3 Å². The molecule has 1 heterocycles. The van der Waals surface area contributed by atoms with Crippen LogP contribution in [0.2, 0.25) is 5.02 Å². The maximum absolute atomic E-state index is 12.4. The van der Waals surface area contributed by atoms with Crippen LogP contribution in [0.25, 0.3) is 11.3 Å². The lowest BCUT2D eigenvalue weighted by molar-refractivity contribution is 0.102. The number of rotatable bonds is 3. The molecule has 3 nitrogen and oxygen atoms in total. The highest BCUT2D eigenvalue weighted by Gasteiger charge is 2.16. The molecule has 22 heavy (non-hydrogen) atoms. The Hall–Kier alpha value is -2.52. The van der Waals surface area contributed by atoms with Crippen molar-refractivity contribution in [2.75, 3.05) is 5.32 Å². The van der Waals surface area contributed by atoms with Gasteiger partial charge in [0.2, 0.25) is 0 Å². The summed E-state index contributed by atoms with van der Waals surface area (Å²) in [6.07, 6.45) is 0. The SMILES string of the molecule is Cc1oc(-c2ccccc2)cc1C(=O)Nc1cccc(Cl)c1. The van der Waals surface area contributed by atoms with Gasteiger partial charge in [0, 0.05) is 16.3 Å². The van der Waals surface area contributed by atoms with Gasteiger partial charge in [-0.05, 0) is 31.2 Å². The van der Waals surface area contributed by atoms with Crippen molar-refractivity contribution in [3.8, 4) is 11.3 Å². The standard InChI is InChI=1S/C18H14ClNO2/c1-12-16(11-17(22-12)13-6-3-2-4-7-13)18(21)20-15-9-5-8-14(19)10-15/h2-11H,1H3,(H,20,21). The molecular weight excluding hydrogens is 298 g/mol. The molecular formula is C18H14ClNO2. The largest absolute Gasteiger partial charge is 0.461 e. The third-order valence-electron chi connectivity index (χ3n) is 3.30. The van der Waals surface area contributed by atoms with Crippen LogP contribution in [0.1, 0.15) is 16.1 Å². The molecule has 4 heteroatoms. The minimum Gasteiger partial charge on any atom is -0.461 e. The third-order valence-corrected chi connectivity index (χ3v) is 3.54. The molecule has 1 aromatic heterocycles. The molecule has 1 amide bonds. The Kier molecular flexibility index (Phi) is 3.98. The van der Waals surface area contributed by atoms with E-state index < -0.39 is 0 Å². The van der Waals surface area contributed by atoms with Gasteiger partial charge in [0.15, 0.2) is 0 Å². The highest BCUT2D eigenvalue weighted by Crippen LogP contribution is 2.26. The van der Waals surface area contributed by atoms with Gasteiger partial charge in [-0.15, -0.1) is 0 Å². The summed E-state index contributed by atoms with van der Waals surface area (Å²) in [5.74, 6) is 1.04. The zero-order valence-electron chi connectivity index (χ0n) is 12.0. The first-order valence-corrected chi connectivity index (χ1v) is 7.24. The first-order valence-electron chi connectivity index (χ1n) is 6.86. The Labute approximate surface area is 133 Å².